The summed E-state index contributed by atoms with van der Waals surface area (Å²) in [6.45, 7) is 6.59. The summed E-state index contributed by atoms with van der Waals surface area (Å²) < 4.78 is 1.69. The summed E-state index contributed by atoms with van der Waals surface area (Å²) in [5.41, 5.74) is 1.72. The van der Waals surface area contributed by atoms with Crippen molar-refractivity contribution >= 4 is 28.6 Å². The molecule has 0 saturated heterocycles. The van der Waals surface area contributed by atoms with Crippen molar-refractivity contribution in [2.24, 2.45) is 0 Å². The minimum Gasteiger partial charge on any atom is -0.348 e. The number of para-hydroxylation sites is 1. The Kier molecular flexibility index (Phi) is 7.69. The number of hydrogen-bond donors (Lipinski definition) is 1. The highest BCUT2D eigenvalue weighted by Gasteiger charge is 2.22. The van der Waals surface area contributed by atoms with Crippen LogP contribution in [-0.2, 0) is 11.3 Å². The Bertz CT molecular complexity index is 1050. The topological polar surface area (TPSA) is 64.0 Å². The first-order chi connectivity index (χ1) is 14.5. The molecule has 1 heterocycles. The van der Waals surface area contributed by atoms with Gasteiger partial charge in [0.2, 0.25) is 5.91 Å². The van der Waals surface area contributed by atoms with Crippen LogP contribution in [0.2, 0.25) is 0 Å². The number of thioether (sulfide) groups is 1. The van der Waals surface area contributed by atoms with Gasteiger partial charge in [0.05, 0.1) is 22.2 Å². The molecule has 0 saturated carbocycles. The zero-order valence-electron chi connectivity index (χ0n) is 17.8. The predicted molar refractivity (Wildman–Crippen MR) is 124 cm³/mol. The summed E-state index contributed by atoms with van der Waals surface area (Å²) in [6, 6.07) is 17.4. The summed E-state index contributed by atoms with van der Waals surface area (Å²) in [5, 5.41) is 4.01. The van der Waals surface area contributed by atoms with E-state index in [9.17, 15) is 9.59 Å². The highest BCUT2D eigenvalue weighted by molar-refractivity contribution is 8.00. The van der Waals surface area contributed by atoms with Crippen LogP contribution in [0, 0.1) is 0 Å². The molecule has 30 heavy (non-hydrogen) atoms. The second kappa shape index (κ2) is 10.4. The van der Waals surface area contributed by atoms with Gasteiger partial charge in [-0.3, -0.25) is 14.2 Å². The monoisotopic (exact) mass is 423 g/mol. The van der Waals surface area contributed by atoms with Gasteiger partial charge in [0.25, 0.3) is 5.56 Å². The van der Waals surface area contributed by atoms with E-state index in [-0.39, 0.29) is 22.8 Å². The average Bonchev–Trinajstić information content (AvgIpc) is 2.76. The van der Waals surface area contributed by atoms with Crippen LogP contribution in [0.15, 0.2) is 64.5 Å². The average molecular weight is 424 g/mol. The summed E-state index contributed by atoms with van der Waals surface area (Å²) in [5.74, 6) is -0.0484. The normalized spacial score (nSPS) is 13.2. The molecule has 0 aliphatic carbocycles. The third-order valence-electron chi connectivity index (χ3n) is 5.02. The van der Waals surface area contributed by atoms with Gasteiger partial charge >= 0.3 is 0 Å². The lowest BCUT2D eigenvalue weighted by Gasteiger charge is -2.21. The Labute approximate surface area is 181 Å². The molecule has 1 aromatic heterocycles. The molecule has 3 rings (SSSR count). The molecule has 2 atom stereocenters. The molecule has 1 N–H and O–H groups in total. The van der Waals surface area contributed by atoms with Crippen molar-refractivity contribution < 1.29 is 4.79 Å². The van der Waals surface area contributed by atoms with Crippen LogP contribution in [0.5, 0.6) is 0 Å². The van der Waals surface area contributed by atoms with Crippen LogP contribution in [0.4, 0.5) is 0 Å². The third kappa shape index (κ3) is 5.11. The fourth-order valence-corrected chi connectivity index (χ4v) is 4.40. The van der Waals surface area contributed by atoms with Crippen LogP contribution in [0.25, 0.3) is 10.9 Å². The van der Waals surface area contributed by atoms with Gasteiger partial charge in [0, 0.05) is 6.54 Å². The number of nitrogens with zero attached hydrogens (tertiary/aromatic N) is 2. The number of nitrogens with one attached hydrogen (secondary N) is 1. The van der Waals surface area contributed by atoms with Gasteiger partial charge < -0.3 is 5.32 Å². The van der Waals surface area contributed by atoms with E-state index in [1.807, 2.05) is 62.4 Å². The molecular weight excluding hydrogens is 394 g/mol. The maximum Gasteiger partial charge on any atom is 0.262 e. The predicted octanol–water partition coefficient (Wildman–Crippen LogP) is 4.94. The summed E-state index contributed by atoms with van der Waals surface area (Å²) >= 11 is 1.34. The molecule has 158 valence electrons. The quantitative estimate of drug-likeness (QED) is 0.391. The Hall–Kier alpha value is -2.60. The van der Waals surface area contributed by atoms with E-state index in [4.69, 9.17) is 4.98 Å². The van der Waals surface area contributed by atoms with Crippen molar-refractivity contribution in [3.63, 3.8) is 0 Å². The van der Waals surface area contributed by atoms with E-state index >= 15 is 0 Å². The zero-order chi connectivity index (χ0) is 21.5. The molecule has 2 aromatic carbocycles. The number of aromatic nitrogens is 2. The molecule has 0 spiro atoms. The molecule has 0 unspecified atom stereocenters. The Morgan fingerprint density at radius 3 is 2.47 bits per heavy atom. The van der Waals surface area contributed by atoms with Crippen molar-refractivity contribution in [3.8, 4) is 0 Å². The van der Waals surface area contributed by atoms with Gasteiger partial charge in [-0.25, -0.2) is 4.98 Å². The molecule has 1 amide bonds. The van der Waals surface area contributed by atoms with Gasteiger partial charge in [0.1, 0.15) is 0 Å². The molecule has 0 aliphatic rings. The first-order valence-corrected chi connectivity index (χ1v) is 11.4. The third-order valence-corrected chi connectivity index (χ3v) is 6.11. The first-order valence-electron chi connectivity index (χ1n) is 10.6. The Balaban J connectivity index is 1.83. The smallest absolute Gasteiger partial charge is 0.262 e. The molecule has 3 aromatic rings. The van der Waals surface area contributed by atoms with Crippen LogP contribution < -0.4 is 10.9 Å². The van der Waals surface area contributed by atoms with Gasteiger partial charge in [0.15, 0.2) is 5.16 Å². The van der Waals surface area contributed by atoms with Crippen LogP contribution in [-0.4, -0.2) is 20.7 Å². The summed E-state index contributed by atoms with van der Waals surface area (Å²) in [6.07, 6.45) is 2.67. The van der Waals surface area contributed by atoms with Crippen LogP contribution in [0.1, 0.15) is 51.6 Å². The number of amides is 1. The van der Waals surface area contributed by atoms with E-state index in [1.54, 1.807) is 10.6 Å². The fourth-order valence-electron chi connectivity index (χ4n) is 3.46. The molecular formula is C24H29N3O2S. The lowest BCUT2D eigenvalue weighted by atomic mass is 10.0. The van der Waals surface area contributed by atoms with E-state index in [1.165, 1.54) is 11.8 Å². The Morgan fingerprint density at radius 1 is 1.07 bits per heavy atom. The molecule has 0 aliphatic heterocycles. The summed E-state index contributed by atoms with van der Waals surface area (Å²) in [7, 11) is 0. The van der Waals surface area contributed by atoms with E-state index in [0.29, 0.717) is 22.6 Å². The lowest BCUT2D eigenvalue weighted by Crippen LogP contribution is -2.35. The highest BCUT2D eigenvalue weighted by Crippen LogP contribution is 2.25. The number of fused-ring (bicyclic) bond motifs is 1. The fraction of sp³-hybridized carbons (Fsp3) is 0.375. The van der Waals surface area contributed by atoms with E-state index < -0.39 is 0 Å². The second-order valence-electron chi connectivity index (χ2n) is 7.39. The molecule has 0 bridgehead atoms. The maximum absolute atomic E-state index is 13.0. The van der Waals surface area contributed by atoms with Gasteiger partial charge in [-0.1, -0.05) is 74.5 Å². The largest absolute Gasteiger partial charge is 0.348 e. The second-order valence-corrected chi connectivity index (χ2v) is 8.70. The minimum absolute atomic E-state index is 0.0193. The number of hydrogen-bond acceptors (Lipinski definition) is 4. The van der Waals surface area contributed by atoms with E-state index in [2.05, 4.69) is 12.2 Å². The number of benzene rings is 2. The van der Waals surface area contributed by atoms with Crippen molar-refractivity contribution in [2.75, 3.05) is 0 Å². The molecule has 0 fully saturated rings. The number of rotatable bonds is 9. The standard InChI is InChI=1S/C24H29N3O2S/c1-4-11-20(18-12-7-6-8-13-18)25-22(28)17(3)30-24-26-21-15-10-9-14-19(21)23(29)27(24)16-5-2/h6-10,12-15,17,20H,4-5,11,16H2,1-3H3,(H,25,28)/t17-,20+/m1/s1. The molecule has 0 radical (unpaired) electrons. The van der Waals surface area contributed by atoms with Crippen LogP contribution in [0.3, 0.4) is 0 Å². The number of carbonyl (C=O) groups is 1. The minimum atomic E-state index is -0.371. The summed E-state index contributed by atoms with van der Waals surface area (Å²) in [4.78, 5) is 30.6. The van der Waals surface area contributed by atoms with Crippen LogP contribution >= 0.6 is 11.8 Å². The van der Waals surface area contributed by atoms with Gasteiger partial charge in [-0.2, -0.15) is 0 Å². The van der Waals surface area contributed by atoms with Crippen molar-refractivity contribution in [3.05, 3.63) is 70.5 Å². The van der Waals surface area contributed by atoms with Crippen molar-refractivity contribution in [1.82, 2.24) is 14.9 Å². The van der Waals surface area contributed by atoms with E-state index in [0.717, 1.165) is 24.8 Å². The van der Waals surface area contributed by atoms with Gasteiger partial charge in [-0.15, -0.1) is 0 Å². The Morgan fingerprint density at radius 2 is 1.77 bits per heavy atom. The van der Waals surface area contributed by atoms with Gasteiger partial charge in [-0.05, 0) is 37.5 Å². The highest BCUT2D eigenvalue weighted by atomic mass is 32.2. The first kappa shape index (κ1) is 22.1. The zero-order valence-corrected chi connectivity index (χ0v) is 18.6. The van der Waals surface area contributed by atoms with Crippen molar-refractivity contribution in [2.45, 2.75) is 63.0 Å². The molecule has 5 nitrogen and oxygen atoms in total. The maximum atomic E-state index is 13.0. The lowest BCUT2D eigenvalue weighted by molar-refractivity contribution is -0.121. The van der Waals surface area contributed by atoms with Crippen molar-refractivity contribution in [1.29, 1.82) is 0 Å². The number of carbonyl (C=O) groups excluding carboxylic acids is 1. The SMILES string of the molecule is CCC[C@H](NC(=O)[C@@H](C)Sc1nc2ccccc2c(=O)n1CCC)c1ccccc1. The molecule has 6 heteroatoms.